The Kier molecular flexibility index (Phi) is 8.17. The Hall–Kier alpha value is -3.61. The molecular formula is C34H38FN5. The molecule has 0 saturated carbocycles. The molecule has 2 heterocycles. The van der Waals surface area contributed by atoms with E-state index in [4.69, 9.17) is 4.98 Å². The van der Waals surface area contributed by atoms with Crippen molar-refractivity contribution in [1.82, 2.24) is 19.8 Å². The number of nitrogens with zero attached hydrogens (tertiary/aromatic N) is 4. The molecule has 6 heteroatoms. The molecule has 1 fully saturated rings. The van der Waals surface area contributed by atoms with Crippen LogP contribution in [0.3, 0.4) is 0 Å². The third-order valence-electron chi connectivity index (χ3n) is 8.35. The zero-order chi connectivity index (χ0) is 27.3. The Labute approximate surface area is 237 Å². The first-order valence-corrected chi connectivity index (χ1v) is 14.7. The molecule has 0 radical (unpaired) electrons. The highest BCUT2D eigenvalue weighted by atomic mass is 19.1. The van der Waals surface area contributed by atoms with Gasteiger partial charge >= 0.3 is 0 Å². The van der Waals surface area contributed by atoms with Crippen molar-refractivity contribution < 1.29 is 4.39 Å². The van der Waals surface area contributed by atoms with Gasteiger partial charge in [-0.1, -0.05) is 67.9 Å². The van der Waals surface area contributed by atoms with Crippen LogP contribution in [0.5, 0.6) is 0 Å². The maximum atomic E-state index is 14.8. The van der Waals surface area contributed by atoms with E-state index in [1.165, 1.54) is 38.0 Å². The molecule has 6 rings (SSSR count). The Morgan fingerprint density at radius 2 is 1.62 bits per heavy atom. The van der Waals surface area contributed by atoms with Crippen molar-refractivity contribution in [3.8, 4) is 11.3 Å². The number of aromatic nitrogens is 2. The summed E-state index contributed by atoms with van der Waals surface area (Å²) in [6.45, 7) is 9.26. The maximum Gasteiger partial charge on any atom is 0.227 e. The third kappa shape index (κ3) is 5.93. The summed E-state index contributed by atoms with van der Waals surface area (Å²) >= 11 is 0. The third-order valence-corrected chi connectivity index (χ3v) is 8.35. The lowest BCUT2D eigenvalue weighted by atomic mass is 9.78. The molecule has 2 aliphatic rings. The molecule has 5 nitrogen and oxygen atoms in total. The predicted molar refractivity (Wildman–Crippen MR) is 161 cm³/mol. The van der Waals surface area contributed by atoms with Crippen LogP contribution in [-0.2, 0) is 12.8 Å². The van der Waals surface area contributed by atoms with E-state index in [2.05, 4.69) is 63.4 Å². The summed E-state index contributed by atoms with van der Waals surface area (Å²) in [4.78, 5) is 14.8. The van der Waals surface area contributed by atoms with Gasteiger partial charge in [0.15, 0.2) is 0 Å². The SMILES string of the molecule is CCCCN1CCN(CCc2cccc(Nc3ncc4c(n3)-c3ccccc3C(c3ccccc3F)C4)c2)CC1. The molecule has 0 amide bonds. The summed E-state index contributed by atoms with van der Waals surface area (Å²) in [5.41, 5.74) is 7.16. The molecule has 1 aliphatic heterocycles. The van der Waals surface area contributed by atoms with E-state index in [0.717, 1.165) is 59.7 Å². The zero-order valence-corrected chi connectivity index (χ0v) is 23.3. The summed E-state index contributed by atoms with van der Waals surface area (Å²) in [6.07, 6.45) is 6.17. The van der Waals surface area contributed by atoms with E-state index in [1.807, 2.05) is 30.5 Å². The normalized spacial score (nSPS) is 17.3. The predicted octanol–water partition coefficient (Wildman–Crippen LogP) is 6.67. The molecule has 1 aromatic heterocycles. The smallest absolute Gasteiger partial charge is 0.227 e. The van der Waals surface area contributed by atoms with Crippen LogP contribution in [0.4, 0.5) is 16.0 Å². The average molecular weight is 536 g/mol. The van der Waals surface area contributed by atoms with E-state index < -0.39 is 0 Å². The van der Waals surface area contributed by atoms with Gasteiger partial charge in [-0.15, -0.1) is 0 Å². The number of hydrogen-bond acceptors (Lipinski definition) is 5. The monoisotopic (exact) mass is 535 g/mol. The molecule has 1 aliphatic carbocycles. The van der Waals surface area contributed by atoms with E-state index in [1.54, 1.807) is 12.1 Å². The van der Waals surface area contributed by atoms with Crippen molar-refractivity contribution in [2.75, 3.05) is 44.6 Å². The summed E-state index contributed by atoms with van der Waals surface area (Å²) in [5, 5.41) is 3.44. The summed E-state index contributed by atoms with van der Waals surface area (Å²) in [6, 6.07) is 23.9. The van der Waals surface area contributed by atoms with Crippen molar-refractivity contribution in [2.45, 2.75) is 38.5 Å². The Balaban J connectivity index is 1.14. The number of piperazine rings is 1. The standard InChI is InChI=1S/C34H38FN5/c1-2-3-16-39-18-20-40(21-19-39)17-15-25-9-8-10-27(22-25)37-34-36-24-26-23-31(29-12-6-7-14-32(29)35)28-11-4-5-13-30(28)33(26)38-34/h4-14,22,24,31H,2-3,15-21,23H2,1H3,(H,36,37,38). The molecule has 1 saturated heterocycles. The van der Waals surface area contributed by atoms with Gasteiger partial charge < -0.3 is 15.1 Å². The lowest BCUT2D eigenvalue weighted by Gasteiger charge is -2.34. The first-order chi connectivity index (χ1) is 19.7. The molecule has 0 spiro atoms. The van der Waals surface area contributed by atoms with Crippen molar-refractivity contribution in [1.29, 1.82) is 0 Å². The number of fused-ring (bicyclic) bond motifs is 3. The fourth-order valence-electron chi connectivity index (χ4n) is 6.07. The minimum atomic E-state index is -0.168. The van der Waals surface area contributed by atoms with Gasteiger partial charge in [-0.2, -0.15) is 0 Å². The highest BCUT2D eigenvalue weighted by molar-refractivity contribution is 5.73. The van der Waals surface area contributed by atoms with Crippen LogP contribution >= 0.6 is 0 Å². The fourth-order valence-corrected chi connectivity index (χ4v) is 6.07. The van der Waals surface area contributed by atoms with Gasteiger partial charge in [-0.05, 0) is 66.3 Å². The summed E-state index contributed by atoms with van der Waals surface area (Å²) in [7, 11) is 0. The largest absolute Gasteiger partial charge is 0.324 e. The van der Waals surface area contributed by atoms with Gasteiger partial charge in [0, 0.05) is 56.1 Å². The molecule has 1 unspecified atom stereocenters. The zero-order valence-electron chi connectivity index (χ0n) is 23.3. The van der Waals surface area contributed by atoms with Gasteiger partial charge in [0.2, 0.25) is 5.95 Å². The number of nitrogens with one attached hydrogen (secondary N) is 1. The van der Waals surface area contributed by atoms with Crippen LogP contribution < -0.4 is 5.32 Å². The molecule has 0 bridgehead atoms. The number of hydrogen-bond donors (Lipinski definition) is 1. The number of benzene rings is 3. The van der Waals surface area contributed by atoms with Crippen LogP contribution in [0.1, 0.15) is 47.9 Å². The minimum Gasteiger partial charge on any atom is -0.324 e. The van der Waals surface area contributed by atoms with Gasteiger partial charge in [-0.3, -0.25) is 0 Å². The lowest BCUT2D eigenvalue weighted by Crippen LogP contribution is -2.47. The second-order valence-corrected chi connectivity index (χ2v) is 11.0. The van der Waals surface area contributed by atoms with Gasteiger partial charge in [-0.25, -0.2) is 14.4 Å². The molecule has 1 atom stereocenters. The van der Waals surface area contributed by atoms with Crippen LogP contribution in [0.15, 0.2) is 79.0 Å². The topological polar surface area (TPSA) is 44.3 Å². The number of rotatable bonds is 9. The second-order valence-electron chi connectivity index (χ2n) is 11.0. The number of anilines is 2. The van der Waals surface area contributed by atoms with E-state index >= 15 is 0 Å². The highest BCUT2D eigenvalue weighted by Crippen LogP contribution is 2.42. The van der Waals surface area contributed by atoms with Gasteiger partial charge in [0.25, 0.3) is 0 Å². The lowest BCUT2D eigenvalue weighted by molar-refractivity contribution is 0.132. The van der Waals surface area contributed by atoms with Crippen molar-refractivity contribution in [3.63, 3.8) is 0 Å². The Morgan fingerprint density at radius 3 is 2.42 bits per heavy atom. The quantitative estimate of drug-likeness (QED) is 0.259. The number of unbranched alkanes of at least 4 members (excludes halogenated alkanes) is 1. The number of halogens is 1. The van der Waals surface area contributed by atoms with Crippen LogP contribution in [0.2, 0.25) is 0 Å². The molecule has 4 aromatic rings. The highest BCUT2D eigenvalue weighted by Gasteiger charge is 2.29. The Bertz CT molecular complexity index is 1450. The molecule has 206 valence electrons. The van der Waals surface area contributed by atoms with Crippen LogP contribution in [-0.4, -0.2) is 59.0 Å². The first-order valence-electron chi connectivity index (χ1n) is 14.7. The summed E-state index contributed by atoms with van der Waals surface area (Å²) < 4.78 is 14.8. The van der Waals surface area contributed by atoms with Gasteiger partial charge in [0.05, 0.1) is 5.69 Å². The molecular weight excluding hydrogens is 497 g/mol. The minimum absolute atomic E-state index is 0.0525. The van der Waals surface area contributed by atoms with Gasteiger partial charge in [0.1, 0.15) is 5.82 Å². The van der Waals surface area contributed by atoms with Crippen molar-refractivity contribution in [2.24, 2.45) is 0 Å². The Morgan fingerprint density at radius 1 is 0.875 bits per heavy atom. The fraction of sp³-hybridized carbons (Fsp3) is 0.353. The second kappa shape index (κ2) is 12.3. The van der Waals surface area contributed by atoms with E-state index in [9.17, 15) is 4.39 Å². The summed E-state index contributed by atoms with van der Waals surface area (Å²) in [5.74, 6) is 0.362. The first kappa shape index (κ1) is 26.6. The molecule has 3 aromatic carbocycles. The average Bonchev–Trinajstić information content (AvgIpc) is 3.00. The van der Waals surface area contributed by atoms with E-state index in [-0.39, 0.29) is 11.7 Å². The molecule has 1 N–H and O–H groups in total. The van der Waals surface area contributed by atoms with E-state index in [0.29, 0.717) is 12.4 Å². The van der Waals surface area contributed by atoms with Crippen LogP contribution in [0, 0.1) is 5.82 Å². The van der Waals surface area contributed by atoms with Crippen molar-refractivity contribution >= 4 is 11.6 Å². The van der Waals surface area contributed by atoms with Crippen molar-refractivity contribution in [3.05, 3.63) is 107 Å². The molecule has 40 heavy (non-hydrogen) atoms. The van der Waals surface area contributed by atoms with Crippen LogP contribution in [0.25, 0.3) is 11.3 Å². The maximum absolute atomic E-state index is 14.8.